The number of hydrogen-bond donors (Lipinski definition) is 1. The van der Waals surface area contributed by atoms with Gasteiger partial charge in [-0.1, -0.05) is 43.2 Å². The van der Waals surface area contributed by atoms with Gasteiger partial charge in [0.25, 0.3) is 0 Å². The normalized spacial score (nSPS) is 30.8. The van der Waals surface area contributed by atoms with Gasteiger partial charge in [0.15, 0.2) is 0 Å². The summed E-state index contributed by atoms with van der Waals surface area (Å²) in [5.74, 6) is -0.911. The lowest BCUT2D eigenvalue weighted by Crippen LogP contribution is -2.66. The fourth-order valence-electron chi connectivity index (χ4n) is 5.45. The van der Waals surface area contributed by atoms with E-state index in [0.717, 1.165) is 31.2 Å². The maximum Gasteiger partial charge on any atom is 0.326 e. The SMILES string of the molecule is C[C@H]1C(=O)N2[C@@H](C[C@H]3CCCC[C@@H]32)C(=O)N1[C@@H](CCc1ccccc1)C(=O)O. The molecule has 0 spiro atoms. The number of rotatable bonds is 5. The van der Waals surface area contributed by atoms with Crippen molar-refractivity contribution < 1.29 is 19.5 Å². The molecule has 2 heterocycles. The minimum Gasteiger partial charge on any atom is -0.480 e. The first kappa shape index (κ1) is 19.0. The lowest BCUT2D eigenvalue weighted by atomic mass is 9.85. The predicted octanol–water partition coefficient (Wildman–Crippen LogP) is 2.46. The Hall–Kier alpha value is -2.37. The maximum atomic E-state index is 13.3. The van der Waals surface area contributed by atoms with E-state index in [-0.39, 0.29) is 17.9 Å². The fourth-order valence-corrected chi connectivity index (χ4v) is 5.45. The Labute approximate surface area is 165 Å². The van der Waals surface area contributed by atoms with Gasteiger partial charge in [-0.05, 0) is 50.5 Å². The molecule has 2 amide bonds. The fraction of sp³-hybridized carbons (Fsp3) is 0.591. The van der Waals surface area contributed by atoms with Crippen LogP contribution in [0.2, 0.25) is 0 Å². The number of carboxylic acids is 1. The summed E-state index contributed by atoms with van der Waals surface area (Å²) in [5.41, 5.74) is 1.03. The van der Waals surface area contributed by atoms with E-state index in [1.807, 2.05) is 35.2 Å². The number of amides is 2. The van der Waals surface area contributed by atoms with Crippen LogP contribution in [0.25, 0.3) is 0 Å². The number of hydrogen-bond acceptors (Lipinski definition) is 3. The molecule has 1 aliphatic carbocycles. The molecule has 1 aromatic carbocycles. The van der Waals surface area contributed by atoms with Gasteiger partial charge in [0, 0.05) is 6.04 Å². The van der Waals surface area contributed by atoms with Crippen LogP contribution in [0.5, 0.6) is 0 Å². The van der Waals surface area contributed by atoms with Gasteiger partial charge in [-0.25, -0.2) is 4.79 Å². The molecule has 0 radical (unpaired) electrons. The standard InChI is InChI=1S/C22H28N2O4/c1-14-20(25)24-17-10-6-5-9-16(17)13-19(24)21(26)23(14)18(22(27)28)12-11-15-7-3-2-4-8-15/h2-4,7-8,14,16-19H,5-6,9-13H2,1H3,(H,27,28)/t14-,16+,17-,18-,19-/m0/s1. The van der Waals surface area contributed by atoms with Crippen molar-refractivity contribution in [3.63, 3.8) is 0 Å². The zero-order valence-corrected chi connectivity index (χ0v) is 16.3. The molecule has 2 saturated heterocycles. The van der Waals surface area contributed by atoms with E-state index < -0.39 is 24.1 Å². The first-order valence-corrected chi connectivity index (χ1v) is 10.4. The van der Waals surface area contributed by atoms with Crippen LogP contribution in [-0.2, 0) is 20.8 Å². The van der Waals surface area contributed by atoms with Crippen molar-refractivity contribution in [2.45, 2.75) is 76.0 Å². The lowest BCUT2D eigenvalue weighted by Gasteiger charge is -2.45. The number of carboxylic acid groups (broad SMARTS) is 1. The van der Waals surface area contributed by atoms with E-state index in [1.165, 1.54) is 4.90 Å². The number of piperazine rings is 1. The first-order chi connectivity index (χ1) is 13.5. The molecule has 5 atom stereocenters. The number of carbonyl (C=O) groups is 3. The van der Waals surface area contributed by atoms with Gasteiger partial charge in [-0.2, -0.15) is 0 Å². The first-order valence-electron chi connectivity index (χ1n) is 10.4. The number of aryl methyl sites for hydroxylation is 1. The highest BCUT2D eigenvalue weighted by atomic mass is 16.4. The van der Waals surface area contributed by atoms with Crippen molar-refractivity contribution in [2.75, 3.05) is 0 Å². The molecule has 4 rings (SSSR count). The second kappa shape index (κ2) is 7.57. The second-order valence-corrected chi connectivity index (χ2v) is 8.41. The highest BCUT2D eigenvalue weighted by Crippen LogP contribution is 2.43. The quantitative estimate of drug-likeness (QED) is 0.846. The zero-order valence-electron chi connectivity index (χ0n) is 16.3. The largest absolute Gasteiger partial charge is 0.480 e. The molecule has 2 aliphatic heterocycles. The minimum atomic E-state index is -1.03. The molecule has 1 aromatic rings. The van der Waals surface area contributed by atoms with Crippen LogP contribution in [-0.4, -0.2) is 56.9 Å². The third-order valence-corrected chi connectivity index (χ3v) is 6.83. The third-order valence-electron chi connectivity index (χ3n) is 6.83. The monoisotopic (exact) mass is 384 g/mol. The summed E-state index contributed by atoms with van der Waals surface area (Å²) in [6, 6.07) is 7.65. The average molecular weight is 384 g/mol. The molecule has 150 valence electrons. The van der Waals surface area contributed by atoms with Crippen molar-refractivity contribution in [1.82, 2.24) is 9.80 Å². The number of aliphatic carboxylic acids is 1. The van der Waals surface area contributed by atoms with Crippen LogP contribution in [0.3, 0.4) is 0 Å². The maximum absolute atomic E-state index is 13.3. The highest BCUT2D eigenvalue weighted by molar-refractivity contribution is 5.99. The molecule has 3 fully saturated rings. The van der Waals surface area contributed by atoms with Gasteiger partial charge >= 0.3 is 5.97 Å². The van der Waals surface area contributed by atoms with Gasteiger partial charge < -0.3 is 14.9 Å². The second-order valence-electron chi connectivity index (χ2n) is 8.41. The van der Waals surface area contributed by atoms with Gasteiger partial charge in [-0.3, -0.25) is 9.59 Å². The Morgan fingerprint density at radius 1 is 1.14 bits per heavy atom. The van der Waals surface area contributed by atoms with E-state index >= 15 is 0 Å². The third kappa shape index (κ3) is 3.19. The summed E-state index contributed by atoms with van der Waals surface area (Å²) in [6.45, 7) is 1.69. The molecule has 6 nitrogen and oxygen atoms in total. The van der Waals surface area contributed by atoms with Gasteiger partial charge in [0.05, 0.1) is 0 Å². The van der Waals surface area contributed by atoms with Gasteiger partial charge in [-0.15, -0.1) is 0 Å². The van der Waals surface area contributed by atoms with Gasteiger partial charge in [0.2, 0.25) is 11.8 Å². The number of carbonyl (C=O) groups excluding carboxylic acids is 2. The Morgan fingerprint density at radius 2 is 1.86 bits per heavy atom. The van der Waals surface area contributed by atoms with Crippen LogP contribution < -0.4 is 0 Å². The molecule has 0 unspecified atom stereocenters. The predicted molar refractivity (Wildman–Crippen MR) is 103 cm³/mol. The summed E-state index contributed by atoms with van der Waals surface area (Å²) in [5, 5.41) is 9.85. The van der Waals surface area contributed by atoms with Crippen molar-refractivity contribution >= 4 is 17.8 Å². The molecule has 28 heavy (non-hydrogen) atoms. The van der Waals surface area contributed by atoms with E-state index in [0.29, 0.717) is 25.2 Å². The Kier molecular flexibility index (Phi) is 5.13. The summed E-state index contributed by atoms with van der Waals surface area (Å²) < 4.78 is 0. The van der Waals surface area contributed by atoms with E-state index in [2.05, 4.69) is 0 Å². The van der Waals surface area contributed by atoms with Crippen LogP contribution >= 0.6 is 0 Å². The van der Waals surface area contributed by atoms with Crippen molar-refractivity contribution in [3.8, 4) is 0 Å². The summed E-state index contributed by atoms with van der Waals surface area (Å²) in [4.78, 5) is 41.7. The van der Waals surface area contributed by atoms with E-state index in [4.69, 9.17) is 0 Å². The average Bonchev–Trinajstić information content (AvgIpc) is 3.09. The smallest absolute Gasteiger partial charge is 0.326 e. The van der Waals surface area contributed by atoms with Crippen molar-refractivity contribution in [2.24, 2.45) is 5.92 Å². The summed E-state index contributed by atoms with van der Waals surface area (Å²) in [6.07, 6.45) is 5.82. The Morgan fingerprint density at radius 3 is 2.57 bits per heavy atom. The number of fused-ring (bicyclic) bond motifs is 3. The van der Waals surface area contributed by atoms with Gasteiger partial charge in [0.1, 0.15) is 18.1 Å². The molecule has 0 bridgehead atoms. The Balaban J connectivity index is 1.56. The number of benzene rings is 1. The molecular weight excluding hydrogens is 356 g/mol. The van der Waals surface area contributed by atoms with Crippen LogP contribution in [0.15, 0.2) is 30.3 Å². The molecule has 1 N–H and O–H groups in total. The molecule has 0 aromatic heterocycles. The van der Waals surface area contributed by atoms with Crippen LogP contribution in [0.1, 0.15) is 51.0 Å². The molecule has 1 saturated carbocycles. The summed E-state index contributed by atoms with van der Waals surface area (Å²) in [7, 11) is 0. The topological polar surface area (TPSA) is 77.9 Å². The molecular formula is C22H28N2O4. The summed E-state index contributed by atoms with van der Waals surface area (Å²) >= 11 is 0. The van der Waals surface area contributed by atoms with Crippen LogP contribution in [0.4, 0.5) is 0 Å². The lowest BCUT2D eigenvalue weighted by molar-refractivity contribution is -0.168. The zero-order chi connectivity index (χ0) is 19.8. The molecule has 3 aliphatic rings. The molecule has 6 heteroatoms. The van der Waals surface area contributed by atoms with Crippen molar-refractivity contribution in [1.29, 1.82) is 0 Å². The minimum absolute atomic E-state index is 0.0787. The highest BCUT2D eigenvalue weighted by Gasteiger charge is 2.55. The van der Waals surface area contributed by atoms with Crippen LogP contribution in [0, 0.1) is 5.92 Å². The van der Waals surface area contributed by atoms with Crippen molar-refractivity contribution in [3.05, 3.63) is 35.9 Å². The number of nitrogens with zero attached hydrogens (tertiary/aromatic N) is 2. The van der Waals surface area contributed by atoms with E-state index in [9.17, 15) is 19.5 Å². The Bertz CT molecular complexity index is 765. The van der Waals surface area contributed by atoms with E-state index in [1.54, 1.807) is 6.92 Å².